The Bertz CT molecular complexity index is 360. The monoisotopic (exact) mass is 267 g/mol. The summed E-state index contributed by atoms with van der Waals surface area (Å²) in [6.45, 7) is 3.06. The van der Waals surface area contributed by atoms with Crippen LogP contribution in [0.2, 0.25) is 0 Å². The Balaban J connectivity index is 2.00. The minimum absolute atomic E-state index is 0.270. The molecule has 5 heteroatoms. The van der Waals surface area contributed by atoms with Gasteiger partial charge >= 0.3 is 0 Å². The standard InChI is InChI=1S/C13H21N3OS/c1-14-13(18)15-10-11(12-6-5-9-17-12)16-7-3-2-4-8-16/h5-6,9,11H,2-4,7-8,10H2,1H3,(H2,14,15,18)/t11-/m1/s1. The van der Waals surface area contributed by atoms with E-state index in [0.717, 1.165) is 25.4 Å². The summed E-state index contributed by atoms with van der Waals surface area (Å²) in [5.74, 6) is 1.02. The second kappa shape index (κ2) is 6.75. The Morgan fingerprint density at radius 3 is 2.83 bits per heavy atom. The van der Waals surface area contributed by atoms with Crippen LogP contribution in [0.5, 0.6) is 0 Å². The maximum atomic E-state index is 5.57. The molecule has 1 aliphatic heterocycles. The number of hydrogen-bond donors (Lipinski definition) is 2. The molecule has 2 heterocycles. The lowest BCUT2D eigenvalue weighted by atomic mass is 10.1. The first-order valence-corrected chi connectivity index (χ1v) is 6.95. The van der Waals surface area contributed by atoms with Gasteiger partial charge in [0.15, 0.2) is 5.11 Å². The lowest BCUT2D eigenvalue weighted by Gasteiger charge is -2.33. The second-order valence-electron chi connectivity index (χ2n) is 4.59. The van der Waals surface area contributed by atoms with Gasteiger partial charge in [0.2, 0.25) is 0 Å². The van der Waals surface area contributed by atoms with Crippen LogP contribution < -0.4 is 10.6 Å². The van der Waals surface area contributed by atoms with E-state index >= 15 is 0 Å². The zero-order valence-corrected chi connectivity index (χ0v) is 11.6. The van der Waals surface area contributed by atoms with Crippen molar-refractivity contribution >= 4 is 17.3 Å². The van der Waals surface area contributed by atoms with Crippen LogP contribution in [0.15, 0.2) is 22.8 Å². The molecule has 2 N–H and O–H groups in total. The number of likely N-dealkylation sites (tertiary alicyclic amines) is 1. The van der Waals surface area contributed by atoms with Gasteiger partial charge in [0.1, 0.15) is 5.76 Å². The molecule has 18 heavy (non-hydrogen) atoms. The predicted molar refractivity (Wildman–Crippen MR) is 76.5 cm³/mol. The molecule has 1 atom stereocenters. The highest BCUT2D eigenvalue weighted by molar-refractivity contribution is 7.80. The maximum absolute atomic E-state index is 5.57. The van der Waals surface area contributed by atoms with Gasteiger partial charge in [0, 0.05) is 13.6 Å². The molecule has 0 aliphatic carbocycles. The van der Waals surface area contributed by atoms with Crippen LogP contribution in [0, 0.1) is 0 Å². The zero-order valence-electron chi connectivity index (χ0n) is 10.8. The largest absolute Gasteiger partial charge is 0.468 e. The molecule has 1 fully saturated rings. The van der Waals surface area contributed by atoms with Crippen LogP contribution in [0.3, 0.4) is 0 Å². The van der Waals surface area contributed by atoms with Gasteiger partial charge in [0.25, 0.3) is 0 Å². The second-order valence-corrected chi connectivity index (χ2v) is 5.00. The fourth-order valence-electron chi connectivity index (χ4n) is 2.40. The number of hydrogen-bond acceptors (Lipinski definition) is 3. The first kappa shape index (κ1) is 13.4. The molecule has 4 nitrogen and oxygen atoms in total. The summed E-state index contributed by atoms with van der Waals surface area (Å²) < 4.78 is 5.57. The number of nitrogens with zero attached hydrogens (tertiary/aromatic N) is 1. The number of rotatable bonds is 4. The van der Waals surface area contributed by atoms with E-state index in [4.69, 9.17) is 16.6 Å². The minimum Gasteiger partial charge on any atom is -0.468 e. The van der Waals surface area contributed by atoms with Crippen molar-refractivity contribution in [3.8, 4) is 0 Å². The normalized spacial score (nSPS) is 18.3. The predicted octanol–water partition coefficient (Wildman–Crippen LogP) is 1.90. The van der Waals surface area contributed by atoms with Crippen molar-refractivity contribution in [2.24, 2.45) is 0 Å². The van der Waals surface area contributed by atoms with Crippen LogP contribution in [-0.2, 0) is 0 Å². The molecule has 0 saturated carbocycles. The van der Waals surface area contributed by atoms with Gasteiger partial charge in [-0.25, -0.2) is 0 Å². The molecule has 0 spiro atoms. The Hall–Kier alpha value is -1.07. The first-order valence-electron chi connectivity index (χ1n) is 6.54. The van der Waals surface area contributed by atoms with Gasteiger partial charge in [-0.05, 0) is 50.3 Å². The van der Waals surface area contributed by atoms with E-state index < -0.39 is 0 Å². The molecule has 1 aromatic heterocycles. The van der Waals surface area contributed by atoms with Gasteiger partial charge in [-0.15, -0.1) is 0 Å². The molecule has 0 unspecified atom stereocenters. The summed E-state index contributed by atoms with van der Waals surface area (Å²) in [5.41, 5.74) is 0. The van der Waals surface area contributed by atoms with Crippen molar-refractivity contribution in [2.45, 2.75) is 25.3 Å². The van der Waals surface area contributed by atoms with Gasteiger partial charge in [-0.2, -0.15) is 0 Å². The molecular weight excluding hydrogens is 246 g/mol. The smallest absolute Gasteiger partial charge is 0.166 e. The van der Waals surface area contributed by atoms with Crippen LogP contribution in [-0.4, -0.2) is 36.7 Å². The van der Waals surface area contributed by atoms with Gasteiger partial charge < -0.3 is 15.1 Å². The third kappa shape index (κ3) is 3.46. The molecule has 100 valence electrons. The van der Waals surface area contributed by atoms with Crippen LogP contribution in [0.4, 0.5) is 0 Å². The molecule has 0 radical (unpaired) electrons. The van der Waals surface area contributed by atoms with E-state index in [2.05, 4.69) is 15.5 Å². The molecule has 1 aliphatic rings. The van der Waals surface area contributed by atoms with Crippen molar-refractivity contribution in [1.82, 2.24) is 15.5 Å². The highest BCUT2D eigenvalue weighted by Crippen LogP contribution is 2.24. The summed E-state index contributed by atoms with van der Waals surface area (Å²) in [4.78, 5) is 2.48. The molecule has 0 bridgehead atoms. The lowest BCUT2D eigenvalue weighted by Crippen LogP contribution is -2.42. The Kier molecular flexibility index (Phi) is 5.01. The molecular formula is C13H21N3OS. The van der Waals surface area contributed by atoms with E-state index in [0.29, 0.717) is 5.11 Å². The van der Waals surface area contributed by atoms with E-state index in [9.17, 15) is 0 Å². The molecule has 0 aromatic carbocycles. The SMILES string of the molecule is CNC(=S)NC[C@H](c1ccco1)N1CCCCC1. The average Bonchev–Trinajstić information content (AvgIpc) is 2.94. The number of furan rings is 1. The van der Waals surface area contributed by atoms with Crippen LogP contribution >= 0.6 is 12.2 Å². The van der Waals surface area contributed by atoms with Gasteiger partial charge in [-0.3, -0.25) is 4.90 Å². The summed E-state index contributed by atoms with van der Waals surface area (Å²) >= 11 is 5.13. The fourth-order valence-corrected chi connectivity index (χ4v) is 2.48. The highest BCUT2D eigenvalue weighted by Gasteiger charge is 2.24. The quantitative estimate of drug-likeness (QED) is 0.816. The molecule has 2 rings (SSSR count). The van der Waals surface area contributed by atoms with Gasteiger partial charge in [-0.1, -0.05) is 6.42 Å². The lowest BCUT2D eigenvalue weighted by molar-refractivity contribution is 0.146. The molecule has 0 amide bonds. The number of nitrogens with one attached hydrogen (secondary N) is 2. The topological polar surface area (TPSA) is 40.4 Å². The van der Waals surface area contributed by atoms with Crippen molar-refractivity contribution < 1.29 is 4.42 Å². The fraction of sp³-hybridized carbons (Fsp3) is 0.615. The van der Waals surface area contributed by atoms with E-state index in [1.165, 1.54) is 19.3 Å². The molecule has 1 saturated heterocycles. The van der Waals surface area contributed by atoms with Crippen molar-refractivity contribution in [3.05, 3.63) is 24.2 Å². The highest BCUT2D eigenvalue weighted by atomic mass is 32.1. The summed E-state index contributed by atoms with van der Waals surface area (Å²) in [7, 11) is 1.83. The van der Waals surface area contributed by atoms with Crippen molar-refractivity contribution in [3.63, 3.8) is 0 Å². The zero-order chi connectivity index (χ0) is 12.8. The third-order valence-electron chi connectivity index (χ3n) is 3.39. The van der Waals surface area contributed by atoms with E-state index in [-0.39, 0.29) is 6.04 Å². The van der Waals surface area contributed by atoms with Crippen LogP contribution in [0.25, 0.3) is 0 Å². The van der Waals surface area contributed by atoms with E-state index in [1.54, 1.807) is 6.26 Å². The summed E-state index contributed by atoms with van der Waals surface area (Å²) in [6.07, 6.45) is 5.62. The Morgan fingerprint density at radius 2 is 2.22 bits per heavy atom. The Morgan fingerprint density at radius 1 is 1.44 bits per heavy atom. The van der Waals surface area contributed by atoms with Crippen molar-refractivity contribution in [1.29, 1.82) is 0 Å². The first-order chi connectivity index (χ1) is 8.81. The van der Waals surface area contributed by atoms with Crippen molar-refractivity contribution in [2.75, 3.05) is 26.7 Å². The third-order valence-corrected chi connectivity index (χ3v) is 3.73. The van der Waals surface area contributed by atoms with E-state index in [1.807, 2.05) is 19.2 Å². The summed E-state index contributed by atoms with van der Waals surface area (Å²) in [5, 5.41) is 6.86. The van der Waals surface area contributed by atoms with Crippen LogP contribution in [0.1, 0.15) is 31.1 Å². The van der Waals surface area contributed by atoms with Gasteiger partial charge in [0.05, 0.1) is 12.3 Å². The number of piperidine rings is 1. The Labute approximate surface area is 114 Å². The minimum atomic E-state index is 0.270. The maximum Gasteiger partial charge on any atom is 0.166 e. The molecule has 1 aromatic rings. The number of thiocarbonyl (C=S) groups is 1. The summed E-state index contributed by atoms with van der Waals surface area (Å²) in [6, 6.07) is 4.26. The average molecular weight is 267 g/mol.